The van der Waals surface area contributed by atoms with E-state index in [0.717, 1.165) is 11.6 Å². The minimum absolute atomic E-state index is 0.0208. The summed E-state index contributed by atoms with van der Waals surface area (Å²) in [6, 6.07) is 3.94. The van der Waals surface area contributed by atoms with E-state index in [1.165, 1.54) is 12.1 Å². The lowest BCUT2D eigenvalue weighted by atomic mass is 10.2. The van der Waals surface area contributed by atoms with Crippen molar-refractivity contribution < 1.29 is 9.50 Å². The van der Waals surface area contributed by atoms with Crippen LogP contribution < -0.4 is 0 Å². The molecule has 0 heterocycles. The van der Waals surface area contributed by atoms with Crippen molar-refractivity contribution in [3.05, 3.63) is 29.6 Å². The SMILES string of the molecule is CC.Cc1cc(O)cc(F)c1. The van der Waals surface area contributed by atoms with Gasteiger partial charge in [0.05, 0.1) is 0 Å². The van der Waals surface area contributed by atoms with E-state index in [9.17, 15) is 4.39 Å². The summed E-state index contributed by atoms with van der Waals surface area (Å²) < 4.78 is 12.3. The third-order valence-corrected chi connectivity index (χ3v) is 1.03. The second-order valence-electron chi connectivity index (χ2n) is 1.99. The quantitative estimate of drug-likeness (QED) is 0.612. The van der Waals surface area contributed by atoms with Crippen LogP contribution in [-0.2, 0) is 0 Å². The molecule has 0 aliphatic rings. The van der Waals surface area contributed by atoms with Crippen LogP contribution >= 0.6 is 0 Å². The van der Waals surface area contributed by atoms with Crippen molar-refractivity contribution in [2.24, 2.45) is 0 Å². The second-order valence-corrected chi connectivity index (χ2v) is 1.99. The van der Waals surface area contributed by atoms with Crippen molar-refractivity contribution in [3.8, 4) is 5.75 Å². The van der Waals surface area contributed by atoms with Crippen molar-refractivity contribution in [3.63, 3.8) is 0 Å². The molecule has 0 aliphatic carbocycles. The Hall–Kier alpha value is -1.05. The molecule has 11 heavy (non-hydrogen) atoms. The molecule has 0 fully saturated rings. The second kappa shape index (κ2) is 4.72. The molecule has 2 heteroatoms. The van der Waals surface area contributed by atoms with Gasteiger partial charge in [0.25, 0.3) is 0 Å². The fourth-order valence-electron chi connectivity index (χ4n) is 0.717. The van der Waals surface area contributed by atoms with Crippen LogP contribution in [0, 0.1) is 12.7 Å². The van der Waals surface area contributed by atoms with Crippen molar-refractivity contribution >= 4 is 0 Å². The van der Waals surface area contributed by atoms with Gasteiger partial charge < -0.3 is 5.11 Å². The molecule has 0 unspecified atom stereocenters. The van der Waals surface area contributed by atoms with E-state index in [4.69, 9.17) is 5.11 Å². The summed E-state index contributed by atoms with van der Waals surface area (Å²) in [5, 5.41) is 8.75. The van der Waals surface area contributed by atoms with E-state index in [0.29, 0.717) is 0 Å². The molecule has 1 aromatic rings. The Balaban J connectivity index is 0.000000461. The summed E-state index contributed by atoms with van der Waals surface area (Å²) in [5.74, 6) is -0.417. The van der Waals surface area contributed by atoms with Crippen LogP contribution in [0.5, 0.6) is 5.75 Å². The van der Waals surface area contributed by atoms with Gasteiger partial charge in [-0.2, -0.15) is 0 Å². The number of hydrogen-bond donors (Lipinski definition) is 1. The van der Waals surface area contributed by atoms with Gasteiger partial charge in [0.1, 0.15) is 11.6 Å². The van der Waals surface area contributed by atoms with Gasteiger partial charge in [0, 0.05) is 6.07 Å². The Bertz CT molecular complexity index is 170. The number of phenols is 1. The summed E-state index contributed by atoms with van der Waals surface area (Å²) in [6.07, 6.45) is 0. The molecule has 0 atom stereocenters. The average Bonchev–Trinajstić information content (AvgIpc) is 1.88. The van der Waals surface area contributed by atoms with Crippen LogP contribution in [0.3, 0.4) is 0 Å². The number of hydrogen-bond acceptors (Lipinski definition) is 1. The zero-order chi connectivity index (χ0) is 8.85. The molecule has 62 valence electrons. The average molecular weight is 156 g/mol. The van der Waals surface area contributed by atoms with Gasteiger partial charge >= 0.3 is 0 Å². The fourth-order valence-corrected chi connectivity index (χ4v) is 0.717. The number of aryl methyl sites for hydroxylation is 1. The summed E-state index contributed by atoms with van der Waals surface area (Å²) in [5.41, 5.74) is 0.729. The topological polar surface area (TPSA) is 20.2 Å². The molecule has 0 saturated heterocycles. The first-order valence-electron chi connectivity index (χ1n) is 3.64. The Labute approximate surface area is 66.5 Å². The lowest BCUT2D eigenvalue weighted by Gasteiger charge is -1.93. The molecule has 0 aromatic heterocycles. The third kappa shape index (κ3) is 3.61. The largest absolute Gasteiger partial charge is 0.508 e. The van der Waals surface area contributed by atoms with Gasteiger partial charge in [-0.1, -0.05) is 13.8 Å². The highest BCUT2D eigenvalue weighted by atomic mass is 19.1. The first-order valence-corrected chi connectivity index (χ1v) is 3.64. The van der Waals surface area contributed by atoms with E-state index in [1.54, 1.807) is 6.92 Å². The monoisotopic (exact) mass is 156 g/mol. The molecule has 1 rings (SSSR count). The predicted molar refractivity (Wildman–Crippen MR) is 44.1 cm³/mol. The Morgan fingerprint density at radius 3 is 2.09 bits per heavy atom. The molecule has 0 bridgehead atoms. The summed E-state index contributed by atoms with van der Waals surface area (Å²) in [6.45, 7) is 5.72. The standard InChI is InChI=1S/C7H7FO.C2H6/c1-5-2-6(8)4-7(9)3-5;1-2/h2-4,9H,1H3;1-2H3. The maximum atomic E-state index is 12.3. The van der Waals surface area contributed by atoms with Crippen molar-refractivity contribution in [2.75, 3.05) is 0 Å². The van der Waals surface area contributed by atoms with Crippen LogP contribution in [0.15, 0.2) is 18.2 Å². The third-order valence-electron chi connectivity index (χ3n) is 1.03. The van der Waals surface area contributed by atoms with E-state index in [2.05, 4.69) is 0 Å². The smallest absolute Gasteiger partial charge is 0.127 e. The number of phenolic OH excluding ortho intramolecular Hbond substituents is 1. The molecular weight excluding hydrogens is 143 g/mol. The van der Waals surface area contributed by atoms with Gasteiger partial charge in [-0.3, -0.25) is 0 Å². The maximum absolute atomic E-state index is 12.3. The van der Waals surface area contributed by atoms with Gasteiger partial charge in [-0.25, -0.2) is 4.39 Å². The van der Waals surface area contributed by atoms with E-state index in [1.807, 2.05) is 13.8 Å². The predicted octanol–water partition coefficient (Wildman–Crippen LogP) is 2.87. The highest BCUT2D eigenvalue weighted by Gasteiger charge is 1.92. The number of aromatic hydroxyl groups is 1. The molecule has 1 aromatic carbocycles. The van der Waals surface area contributed by atoms with Gasteiger partial charge in [0.15, 0.2) is 0 Å². The normalized spacial score (nSPS) is 8.36. The minimum atomic E-state index is -0.396. The summed E-state index contributed by atoms with van der Waals surface area (Å²) in [4.78, 5) is 0. The Morgan fingerprint density at radius 1 is 1.18 bits per heavy atom. The van der Waals surface area contributed by atoms with Crippen molar-refractivity contribution in [1.82, 2.24) is 0 Å². The van der Waals surface area contributed by atoms with Crippen molar-refractivity contribution in [1.29, 1.82) is 0 Å². The number of rotatable bonds is 0. The number of halogens is 1. The molecule has 0 saturated carbocycles. The Kier molecular flexibility index (Phi) is 4.27. The fraction of sp³-hybridized carbons (Fsp3) is 0.333. The lowest BCUT2D eigenvalue weighted by Crippen LogP contribution is -1.75. The summed E-state index contributed by atoms with van der Waals surface area (Å²) in [7, 11) is 0. The zero-order valence-electron chi connectivity index (χ0n) is 7.06. The molecular formula is C9H13FO. The van der Waals surface area contributed by atoms with Crippen LogP contribution in [0.4, 0.5) is 4.39 Å². The van der Waals surface area contributed by atoms with Gasteiger partial charge in [0.2, 0.25) is 0 Å². The van der Waals surface area contributed by atoms with Crippen LogP contribution in [-0.4, -0.2) is 5.11 Å². The Morgan fingerprint density at radius 2 is 1.73 bits per heavy atom. The molecule has 1 nitrogen and oxygen atoms in total. The van der Waals surface area contributed by atoms with Gasteiger partial charge in [-0.15, -0.1) is 0 Å². The molecule has 1 N–H and O–H groups in total. The molecule has 0 amide bonds. The van der Waals surface area contributed by atoms with E-state index in [-0.39, 0.29) is 5.75 Å². The summed E-state index contributed by atoms with van der Waals surface area (Å²) >= 11 is 0. The highest BCUT2D eigenvalue weighted by molar-refractivity contribution is 5.26. The van der Waals surface area contributed by atoms with E-state index >= 15 is 0 Å². The number of benzene rings is 1. The van der Waals surface area contributed by atoms with Crippen molar-refractivity contribution in [2.45, 2.75) is 20.8 Å². The van der Waals surface area contributed by atoms with Crippen LogP contribution in [0.25, 0.3) is 0 Å². The lowest BCUT2D eigenvalue weighted by molar-refractivity contribution is 0.468. The zero-order valence-corrected chi connectivity index (χ0v) is 7.06. The maximum Gasteiger partial charge on any atom is 0.127 e. The molecule has 0 spiro atoms. The molecule has 0 aliphatic heterocycles. The van der Waals surface area contributed by atoms with Crippen LogP contribution in [0.2, 0.25) is 0 Å². The van der Waals surface area contributed by atoms with Crippen LogP contribution in [0.1, 0.15) is 19.4 Å². The van der Waals surface area contributed by atoms with E-state index < -0.39 is 5.82 Å². The first-order chi connectivity index (χ1) is 5.18. The first kappa shape index (κ1) is 9.95. The highest BCUT2D eigenvalue weighted by Crippen LogP contribution is 2.12. The minimum Gasteiger partial charge on any atom is -0.508 e. The van der Waals surface area contributed by atoms with Gasteiger partial charge in [-0.05, 0) is 24.6 Å². The molecule has 0 radical (unpaired) electrons.